The molecule has 0 aliphatic carbocycles. The van der Waals surface area contributed by atoms with Crippen LogP contribution < -0.4 is 4.74 Å². The van der Waals surface area contributed by atoms with Crippen LogP contribution in [0.2, 0.25) is 0 Å². The van der Waals surface area contributed by atoms with Crippen LogP contribution in [0.4, 0.5) is 8.78 Å². The van der Waals surface area contributed by atoms with Gasteiger partial charge in [-0.1, -0.05) is 0 Å². The zero-order chi connectivity index (χ0) is 9.42. The molecule has 0 bridgehead atoms. The lowest BCUT2D eigenvalue weighted by molar-refractivity contribution is 0.371. The van der Waals surface area contributed by atoms with E-state index in [-0.39, 0.29) is 11.9 Å². The molecule has 0 spiro atoms. The van der Waals surface area contributed by atoms with E-state index in [0.717, 1.165) is 12.1 Å². The highest BCUT2D eigenvalue weighted by Crippen LogP contribution is 2.38. The van der Waals surface area contributed by atoms with Crippen molar-refractivity contribution in [1.82, 2.24) is 0 Å². The van der Waals surface area contributed by atoms with Crippen LogP contribution in [-0.4, -0.2) is 13.7 Å². The molecule has 1 heterocycles. The monoisotopic (exact) mass is 186 g/mol. The highest BCUT2D eigenvalue weighted by molar-refractivity contribution is 5.38. The van der Waals surface area contributed by atoms with Gasteiger partial charge in [-0.15, -0.1) is 0 Å². The maximum atomic E-state index is 13.2. The van der Waals surface area contributed by atoms with Crippen LogP contribution in [0.3, 0.4) is 0 Å². The number of benzene rings is 1. The summed E-state index contributed by atoms with van der Waals surface area (Å²) in [6.07, 6.45) is -0.268. The molecular formula is C9H8F2O2. The molecule has 0 N–H and O–H groups in total. The van der Waals surface area contributed by atoms with Gasteiger partial charge < -0.3 is 9.47 Å². The van der Waals surface area contributed by atoms with Gasteiger partial charge in [0.1, 0.15) is 23.5 Å². The Morgan fingerprint density at radius 1 is 1.46 bits per heavy atom. The minimum absolute atomic E-state index is 0.208. The van der Waals surface area contributed by atoms with Crippen LogP contribution >= 0.6 is 0 Å². The first-order valence-electron chi connectivity index (χ1n) is 3.87. The zero-order valence-electron chi connectivity index (χ0n) is 7.01. The molecule has 2 rings (SSSR count). The number of ether oxygens (including phenoxy) is 2. The quantitative estimate of drug-likeness (QED) is 0.659. The van der Waals surface area contributed by atoms with E-state index in [1.54, 1.807) is 0 Å². The Labute approximate surface area is 74.1 Å². The Kier molecular flexibility index (Phi) is 1.92. The van der Waals surface area contributed by atoms with Crippen LogP contribution in [0.1, 0.15) is 11.7 Å². The normalized spacial score (nSPS) is 20.1. The lowest BCUT2D eigenvalue weighted by Gasteiger charge is -2.06. The number of epoxide rings is 1. The van der Waals surface area contributed by atoms with Crippen molar-refractivity contribution in [1.29, 1.82) is 0 Å². The number of hydrogen-bond donors (Lipinski definition) is 0. The third-order valence-corrected chi connectivity index (χ3v) is 1.93. The second-order valence-electron chi connectivity index (χ2n) is 2.83. The minimum atomic E-state index is -0.640. The van der Waals surface area contributed by atoms with Crippen molar-refractivity contribution < 1.29 is 18.3 Å². The van der Waals surface area contributed by atoms with E-state index in [0.29, 0.717) is 12.2 Å². The van der Waals surface area contributed by atoms with Crippen molar-refractivity contribution >= 4 is 0 Å². The summed E-state index contributed by atoms with van der Waals surface area (Å²) < 4.78 is 35.7. The molecular weight excluding hydrogens is 178 g/mol. The molecule has 13 heavy (non-hydrogen) atoms. The highest BCUT2D eigenvalue weighted by Gasteiger charge is 2.31. The fourth-order valence-corrected chi connectivity index (χ4v) is 1.26. The van der Waals surface area contributed by atoms with Gasteiger partial charge in [-0.25, -0.2) is 8.78 Å². The Morgan fingerprint density at radius 2 is 2.15 bits per heavy atom. The first-order valence-corrected chi connectivity index (χ1v) is 3.87. The van der Waals surface area contributed by atoms with E-state index in [1.807, 2.05) is 0 Å². The van der Waals surface area contributed by atoms with Crippen LogP contribution in [0.5, 0.6) is 5.75 Å². The maximum Gasteiger partial charge on any atom is 0.135 e. The van der Waals surface area contributed by atoms with Crippen molar-refractivity contribution in [2.45, 2.75) is 6.10 Å². The fraction of sp³-hybridized carbons (Fsp3) is 0.333. The zero-order valence-corrected chi connectivity index (χ0v) is 7.01. The molecule has 1 aliphatic heterocycles. The van der Waals surface area contributed by atoms with Gasteiger partial charge in [0, 0.05) is 12.1 Å². The number of rotatable bonds is 2. The summed E-state index contributed by atoms with van der Waals surface area (Å²) in [5.74, 6) is -1.04. The molecule has 0 amide bonds. The van der Waals surface area contributed by atoms with E-state index in [1.165, 1.54) is 7.11 Å². The van der Waals surface area contributed by atoms with Gasteiger partial charge in [-0.3, -0.25) is 0 Å². The summed E-state index contributed by atoms with van der Waals surface area (Å²) in [6, 6.07) is 1.99. The van der Waals surface area contributed by atoms with Gasteiger partial charge in [0.15, 0.2) is 0 Å². The molecule has 1 aliphatic rings. The van der Waals surface area contributed by atoms with E-state index in [4.69, 9.17) is 9.47 Å². The van der Waals surface area contributed by atoms with E-state index in [9.17, 15) is 8.78 Å². The summed E-state index contributed by atoms with van der Waals surface area (Å²) >= 11 is 0. The molecule has 1 atom stereocenters. The smallest absolute Gasteiger partial charge is 0.135 e. The highest BCUT2D eigenvalue weighted by atomic mass is 19.1. The van der Waals surface area contributed by atoms with Crippen molar-refractivity contribution in [3.8, 4) is 5.75 Å². The molecule has 4 heteroatoms. The number of hydrogen-bond acceptors (Lipinski definition) is 2. The number of halogens is 2. The van der Waals surface area contributed by atoms with Crippen LogP contribution in [-0.2, 0) is 4.74 Å². The molecule has 1 fully saturated rings. The summed E-state index contributed by atoms with van der Waals surface area (Å²) in [5.41, 5.74) is 0.309. The molecule has 0 radical (unpaired) electrons. The molecule has 1 aromatic carbocycles. The Bertz CT molecular complexity index is 335. The predicted molar refractivity (Wildman–Crippen MR) is 41.6 cm³/mol. The molecule has 1 aromatic rings. The summed E-state index contributed by atoms with van der Waals surface area (Å²) in [5, 5.41) is 0. The Hall–Kier alpha value is -1.16. The standard InChI is InChI=1S/C9H8F2O2/c1-12-7-3-5(10)2-6(11)9(7)8-4-13-8/h2-3,8H,4H2,1H3/t8-/m0/s1. The second kappa shape index (κ2) is 2.96. The molecule has 1 saturated heterocycles. The van der Waals surface area contributed by atoms with Crippen LogP contribution in [0.25, 0.3) is 0 Å². The lowest BCUT2D eigenvalue weighted by Crippen LogP contribution is -1.96. The summed E-state index contributed by atoms with van der Waals surface area (Å²) in [4.78, 5) is 0. The minimum Gasteiger partial charge on any atom is -0.496 e. The van der Waals surface area contributed by atoms with Gasteiger partial charge in [-0.05, 0) is 0 Å². The van der Waals surface area contributed by atoms with Gasteiger partial charge >= 0.3 is 0 Å². The van der Waals surface area contributed by atoms with E-state index >= 15 is 0 Å². The Balaban J connectivity index is 2.50. The van der Waals surface area contributed by atoms with Gasteiger partial charge in [0.25, 0.3) is 0 Å². The van der Waals surface area contributed by atoms with E-state index in [2.05, 4.69) is 0 Å². The van der Waals surface area contributed by atoms with Crippen LogP contribution in [0, 0.1) is 11.6 Å². The third-order valence-electron chi connectivity index (χ3n) is 1.93. The maximum absolute atomic E-state index is 13.2. The first kappa shape index (κ1) is 8.44. The first-order chi connectivity index (χ1) is 6.22. The molecule has 0 aromatic heterocycles. The van der Waals surface area contributed by atoms with E-state index < -0.39 is 11.6 Å². The number of methoxy groups -OCH3 is 1. The topological polar surface area (TPSA) is 21.8 Å². The second-order valence-corrected chi connectivity index (χ2v) is 2.83. The van der Waals surface area contributed by atoms with Crippen LogP contribution in [0.15, 0.2) is 12.1 Å². The SMILES string of the molecule is COc1cc(F)cc(F)c1[C@@H]1CO1. The van der Waals surface area contributed by atoms with Crippen molar-refractivity contribution in [2.24, 2.45) is 0 Å². The average Bonchev–Trinajstić information content (AvgIpc) is 2.86. The predicted octanol–water partition coefficient (Wildman–Crippen LogP) is 2.04. The third kappa shape index (κ3) is 1.49. The van der Waals surface area contributed by atoms with Crippen molar-refractivity contribution in [3.63, 3.8) is 0 Å². The van der Waals surface area contributed by atoms with Gasteiger partial charge in [0.05, 0.1) is 19.3 Å². The molecule has 0 saturated carbocycles. The molecule has 70 valence electrons. The van der Waals surface area contributed by atoms with Crippen molar-refractivity contribution in [2.75, 3.05) is 13.7 Å². The summed E-state index contributed by atoms with van der Waals surface area (Å²) in [7, 11) is 1.38. The lowest BCUT2D eigenvalue weighted by atomic mass is 10.1. The van der Waals surface area contributed by atoms with Crippen molar-refractivity contribution in [3.05, 3.63) is 29.3 Å². The van der Waals surface area contributed by atoms with Gasteiger partial charge in [-0.2, -0.15) is 0 Å². The largest absolute Gasteiger partial charge is 0.496 e. The van der Waals surface area contributed by atoms with Gasteiger partial charge in [0.2, 0.25) is 0 Å². The summed E-state index contributed by atoms with van der Waals surface area (Å²) in [6.45, 7) is 0.471. The average molecular weight is 186 g/mol. The fourth-order valence-electron chi connectivity index (χ4n) is 1.26. The molecule has 2 nitrogen and oxygen atoms in total. The molecule has 0 unspecified atom stereocenters. The Morgan fingerprint density at radius 3 is 2.69 bits per heavy atom.